The second-order valence-corrected chi connectivity index (χ2v) is 7.08. The van der Waals surface area contributed by atoms with Crippen LogP contribution in [0.1, 0.15) is 59.9 Å². The molecule has 124 valence electrons. The largest absolute Gasteiger partial charge is 0.545 e. The third kappa shape index (κ3) is 2.18. The van der Waals surface area contributed by atoms with Gasteiger partial charge in [-0.15, -0.1) is 11.3 Å². The van der Waals surface area contributed by atoms with Crippen molar-refractivity contribution in [3.8, 4) is 6.07 Å². The Bertz CT molecular complexity index is 999. The lowest BCUT2D eigenvalue weighted by Crippen LogP contribution is -2.29. The van der Waals surface area contributed by atoms with Crippen LogP contribution in [0.5, 0.6) is 0 Å². The molecule has 25 heavy (non-hydrogen) atoms. The minimum absolute atomic E-state index is 0.0296. The van der Waals surface area contributed by atoms with Crippen LogP contribution < -0.4 is 10.0 Å². The molecule has 1 aromatic heterocycles. The fourth-order valence-corrected chi connectivity index (χ4v) is 4.71. The molecule has 1 aromatic carbocycles. The van der Waals surface area contributed by atoms with Crippen molar-refractivity contribution >= 4 is 34.1 Å². The topological polar surface area (TPSA) is 101 Å². The summed E-state index contributed by atoms with van der Waals surface area (Å²) in [5, 5.41) is 20.9. The molecule has 2 aliphatic rings. The molecule has 2 aromatic rings. The Labute approximate surface area is 146 Å². The lowest BCUT2D eigenvalue weighted by atomic mass is 9.96. The van der Waals surface area contributed by atoms with E-state index in [0.29, 0.717) is 10.6 Å². The first kappa shape index (κ1) is 15.5. The molecular formula is C18H11N2O4S-. The van der Waals surface area contributed by atoms with Gasteiger partial charge in [0.15, 0.2) is 0 Å². The highest BCUT2D eigenvalue weighted by atomic mass is 32.1. The molecule has 7 heteroatoms. The van der Waals surface area contributed by atoms with E-state index in [2.05, 4.69) is 6.07 Å². The molecule has 0 radical (unpaired) electrons. The van der Waals surface area contributed by atoms with E-state index in [1.165, 1.54) is 23.5 Å². The number of nitriles is 1. The Hall–Kier alpha value is -2.98. The van der Waals surface area contributed by atoms with Gasteiger partial charge in [-0.3, -0.25) is 9.59 Å². The fourth-order valence-electron chi connectivity index (χ4n) is 3.38. The molecule has 0 spiro atoms. The zero-order valence-electron chi connectivity index (χ0n) is 13.0. The average Bonchev–Trinajstić information content (AvgIpc) is 3.09. The number of thiophene rings is 1. The van der Waals surface area contributed by atoms with Gasteiger partial charge in [-0.25, -0.2) is 4.90 Å². The minimum atomic E-state index is -1.41. The second-order valence-electron chi connectivity index (χ2n) is 6.00. The van der Waals surface area contributed by atoms with E-state index in [-0.39, 0.29) is 16.7 Å². The summed E-state index contributed by atoms with van der Waals surface area (Å²) in [6, 6.07) is 5.86. The number of carbonyl (C=O) groups excluding carboxylic acids is 3. The van der Waals surface area contributed by atoms with Crippen LogP contribution >= 0.6 is 11.3 Å². The van der Waals surface area contributed by atoms with Gasteiger partial charge in [0.25, 0.3) is 11.8 Å². The van der Waals surface area contributed by atoms with E-state index in [1.54, 1.807) is 0 Å². The van der Waals surface area contributed by atoms with Crippen LogP contribution in [0.2, 0.25) is 0 Å². The van der Waals surface area contributed by atoms with Crippen molar-refractivity contribution in [1.82, 2.24) is 0 Å². The highest BCUT2D eigenvalue weighted by Crippen LogP contribution is 2.42. The zero-order chi connectivity index (χ0) is 17.7. The van der Waals surface area contributed by atoms with Gasteiger partial charge in [0, 0.05) is 4.88 Å². The van der Waals surface area contributed by atoms with Gasteiger partial charge < -0.3 is 9.90 Å². The number of amides is 2. The van der Waals surface area contributed by atoms with Crippen LogP contribution in [0.25, 0.3) is 0 Å². The smallest absolute Gasteiger partial charge is 0.266 e. The van der Waals surface area contributed by atoms with Crippen molar-refractivity contribution in [1.29, 1.82) is 5.26 Å². The number of carboxylic acids is 1. The third-order valence-electron chi connectivity index (χ3n) is 4.59. The minimum Gasteiger partial charge on any atom is -0.545 e. The Morgan fingerprint density at radius 3 is 2.60 bits per heavy atom. The normalized spacial score (nSPS) is 15.7. The molecule has 1 aliphatic heterocycles. The van der Waals surface area contributed by atoms with Crippen LogP contribution in [0, 0.1) is 11.3 Å². The number of carboxylic acid groups (broad SMARTS) is 1. The van der Waals surface area contributed by atoms with Crippen molar-refractivity contribution in [2.45, 2.75) is 25.7 Å². The van der Waals surface area contributed by atoms with E-state index >= 15 is 0 Å². The zero-order valence-corrected chi connectivity index (χ0v) is 13.8. The summed E-state index contributed by atoms with van der Waals surface area (Å²) in [4.78, 5) is 38.5. The molecule has 0 unspecified atom stereocenters. The summed E-state index contributed by atoms with van der Waals surface area (Å²) >= 11 is 1.31. The maximum Gasteiger partial charge on any atom is 0.266 e. The number of rotatable bonds is 2. The van der Waals surface area contributed by atoms with Gasteiger partial charge in [-0.2, -0.15) is 5.26 Å². The van der Waals surface area contributed by atoms with Crippen molar-refractivity contribution in [3.05, 3.63) is 50.9 Å². The molecule has 0 bridgehead atoms. The maximum absolute atomic E-state index is 12.8. The van der Waals surface area contributed by atoms with E-state index in [4.69, 9.17) is 0 Å². The monoisotopic (exact) mass is 351 g/mol. The molecule has 1 aliphatic carbocycles. The molecular weight excluding hydrogens is 340 g/mol. The number of fused-ring (bicyclic) bond motifs is 2. The van der Waals surface area contributed by atoms with Crippen molar-refractivity contribution in [2.24, 2.45) is 0 Å². The Morgan fingerprint density at radius 1 is 1.16 bits per heavy atom. The van der Waals surface area contributed by atoms with Crippen LogP contribution in [0.15, 0.2) is 18.2 Å². The molecule has 2 heterocycles. The number of hydrogen-bond acceptors (Lipinski definition) is 6. The third-order valence-corrected chi connectivity index (χ3v) is 5.87. The predicted octanol–water partition coefficient (Wildman–Crippen LogP) is 1.66. The first-order valence-electron chi connectivity index (χ1n) is 7.81. The summed E-state index contributed by atoms with van der Waals surface area (Å²) in [6.07, 6.45) is 3.61. The number of aromatic carboxylic acids is 1. The number of hydrogen-bond donors (Lipinski definition) is 0. The fraction of sp³-hybridized carbons (Fsp3) is 0.222. The number of nitrogens with zero attached hydrogens (tertiary/aromatic N) is 2. The highest BCUT2D eigenvalue weighted by molar-refractivity contribution is 7.17. The summed E-state index contributed by atoms with van der Waals surface area (Å²) in [7, 11) is 0. The molecule has 4 rings (SSSR count). The van der Waals surface area contributed by atoms with Crippen LogP contribution in [0.4, 0.5) is 5.00 Å². The predicted molar refractivity (Wildman–Crippen MR) is 87.6 cm³/mol. The molecule has 0 N–H and O–H groups in total. The van der Waals surface area contributed by atoms with Crippen molar-refractivity contribution < 1.29 is 19.5 Å². The molecule has 6 nitrogen and oxygen atoms in total. The quantitative estimate of drug-likeness (QED) is 0.766. The first-order valence-corrected chi connectivity index (χ1v) is 8.63. The lowest BCUT2D eigenvalue weighted by Gasteiger charge is -2.12. The summed E-state index contributed by atoms with van der Waals surface area (Å²) in [5.74, 6) is -2.54. The SMILES string of the molecule is N#Cc1c(N2C(=O)c3ccc(C(=O)[O-])cc3C2=O)sc2c1CCCC2. The van der Waals surface area contributed by atoms with E-state index in [9.17, 15) is 24.8 Å². The standard InChI is InChI=1S/C18H12N2O4S/c19-8-13-10-3-1-2-4-14(10)25-17(13)20-15(21)11-6-5-9(18(23)24)7-12(11)16(20)22/h5-7H,1-4H2,(H,23,24)/p-1. The van der Waals surface area contributed by atoms with Gasteiger partial charge >= 0.3 is 0 Å². The van der Waals surface area contributed by atoms with Gasteiger partial charge in [0.2, 0.25) is 0 Å². The van der Waals surface area contributed by atoms with Crippen LogP contribution in [-0.4, -0.2) is 17.8 Å². The molecule has 0 fully saturated rings. The van der Waals surface area contributed by atoms with Crippen LogP contribution in [-0.2, 0) is 12.8 Å². The van der Waals surface area contributed by atoms with Gasteiger partial charge in [-0.05, 0) is 48.9 Å². The van der Waals surface area contributed by atoms with Gasteiger partial charge in [0.05, 0.1) is 22.7 Å². The number of benzene rings is 1. The number of imide groups is 1. The van der Waals surface area contributed by atoms with Crippen molar-refractivity contribution in [2.75, 3.05) is 4.90 Å². The van der Waals surface area contributed by atoms with Crippen molar-refractivity contribution in [3.63, 3.8) is 0 Å². The molecule has 0 saturated carbocycles. The number of aryl methyl sites for hydroxylation is 1. The Kier molecular flexibility index (Phi) is 3.44. The average molecular weight is 351 g/mol. The van der Waals surface area contributed by atoms with Crippen LogP contribution in [0.3, 0.4) is 0 Å². The molecule has 0 saturated heterocycles. The first-order chi connectivity index (χ1) is 12.0. The van der Waals surface area contributed by atoms with Gasteiger partial charge in [-0.1, -0.05) is 6.07 Å². The van der Waals surface area contributed by atoms with E-state index < -0.39 is 17.8 Å². The Balaban J connectivity index is 1.84. The maximum atomic E-state index is 12.8. The van der Waals surface area contributed by atoms with Gasteiger partial charge in [0.1, 0.15) is 11.1 Å². The van der Waals surface area contributed by atoms with E-state index in [1.807, 2.05) is 0 Å². The highest BCUT2D eigenvalue weighted by Gasteiger charge is 2.40. The summed E-state index contributed by atoms with van der Waals surface area (Å²) in [6.45, 7) is 0. The second kappa shape index (κ2) is 5.53. The lowest BCUT2D eigenvalue weighted by molar-refractivity contribution is -0.255. The number of anilines is 1. The summed E-state index contributed by atoms with van der Waals surface area (Å²) < 4.78 is 0. The molecule has 0 atom stereocenters. The summed E-state index contributed by atoms with van der Waals surface area (Å²) in [5.41, 5.74) is 1.33. The van der Waals surface area contributed by atoms with E-state index in [0.717, 1.165) is 47.1 Å². The number of carbonyl (C=O) groups is 3. The molecule has 2 amide bonds. The Morgan fingerprint density at radius 2 is 1.88 bits per heavy atom.